The lowest BCUT2D eigenvalue weighted by Gasteiger charge is -2.32. The van der Waals surface area contributed by atoms with E-state index in [0.29, 0.717) is 5.69 Å². The van der Waals surface area contributed by atoms with E-state index in [1.165, 1.54) is 0 Å². The van der Waals surface area contributed by atoms with Crippen molar-refractivity contribution in [3.8, 4) is 0 Å². The first-order valence-electron chi connectivity index (χ1n) is 10.2. The molecule has 1 fully saturated rings. The first kappa shape index (κ1) is 25.2. The molecule has 2 N–H and O–H groups in total. The van der Waals surface area contributed by atoms with E-state index >= 15 is 0 Å². The minimum Gasteiger partial charge on any atom is -0.444 e. The van der Waals surface area contributed by atoms with Crippen LogP contribution in [0.2, 0.25) is 0 Å². The SMILES string of the molecule is CC(C)(C)OC(=O)NCC(=Cc1ccc(NC(=O)CCl)cc1)B1OC(C)(C)C(C)(C)O1. The fraction of sp³-hybridized carbons (Fsp3) is 0.545. The summed E-state index contributed by atoms with van der Waals surface area (Å²) in [6.07, 6.45) is 1.38. The van der Waals surface area contributed by atoms with Crippen molar-refractivity contribution in [2.75, 3.05) is 17.7 Å². The Morgan fingerprint density at radius 1 is 1.10 bits per heavy atom. The van der Waals surface area contributed by atoms with Gasteiger partial charge in [0.05, 0.1) is 11.2 Å². The summed E-state index contributed by atoms with van der Waals surface area (Å²) in [5.41, 5.74) is 0.617. The zero-order valence-electron chi connectivity index (χ0n) is 19.3. The summed E-state index contributed by atoms with van der Waals surface area (Å²) in [4.78, 5) is 23.6. The highest BCUT2D eigenvalue weighted by atomic mass is 35.5. The number of carbonyl (C=O) groups excluding carboxylic acids is 2. The van der Waals surface area contributed by atoms with Gasteiger partial charge in [0, 0.05) is 12.2 Å². The topological polar surface area (TPSA) is 85.9 Å². The van der Waals surface area contributed by atoms with Crippen molar-refractivity contribution in [2.24, 2.45) is 0 Å². The van der Waals surface area contributed by atoms with E-state index in [1.807, 2.05) is 66.7 Å². The summed E-state index contributed by atoms with van der Waals surface area (Å²) in [6, 6.07) is 7.25. The van der Waals surface area contributed by atoms with Gasteiger partial charge in [0.15, 0.2) is 0 Å². The Bertz CT molecular complexity index is 815. The molecule has 1 heterocycles. The number of nitrogens with one attached hydrogen (secondary N) is 2. The Hall–Kier alpha value is -2.03. The van der Waals surface area contributed by atoms with Gasteiger partial charge in [-0.15, -0.1) is 11.6 Å². The molecule has 0 atom stereocenters. The van der Waals surface area contributed by atoms with Gasteiger partial charge >= 0.3 is 13.2 Å². The summed E-state index contributed by atoms with van der Waals surface area (Å²) in [5.74, 6) is -0.381. The van der Waals surface area contributed by atoms with Crippen LogP contribution in [0.25, 0.3) is 6.08 Å². The Labute approximate surface area is 190 Å². The number of carbonyl (C=O) groups is 2. The minimum atomic E-state index is -0.629. The number of benzene rings is 1. The van der Waals surface area contributed by atoms with Gasteiger partial charge in [-0.2, -0.15) is 0 Å². The number of rotatable bonds is 6. The van der Waals surface area contributed by atoms with Gasteiger partial charge in [0.1, 0.15) is 11.5 Å². The van der Waals surface area contributed by atoms with E-state index in [-0.39, 0.29) is 18.3 Å². The standard InChI is InChI=1S/C22H32BClN2O5/c1-20(2,3)29-19(28)25-14-16(23-30-21(4,5)22(6,7)31-23)12-15-8-10-17(11-9-15)26-18(27)13-24/h8-12H,13-14H2,1-7H3,(H,25,28)(H,26,27). The second-order valence-electron chi connectivity index (χ2n) is 9.47. The highest BCUT2D eigenvalue weighted by molar-refractivity contribution is 6.56. The molecule has 0 radical (unpaired) electrons. The van der Waals surface area contributed by atoms with E-state index in [0.717, 1.165) is 11.0 Å². The van der Waals surface area contributed by atoms with Crippen LogP contribution in [0.15, 0.2) is 29.7 Å². The molecule has 0 saturated carbocycles. The number of hydrogen-bond acceptors (Lipinski definition) is 5. The molecule has 1 aliphatic heterocycles. The molecule has 2 amide bonds. The highest BCUT2D eigenvalue weighted by Crippen LogP contribution is 2.38. The zero-order valence-corrected chi connectivity index (χ0v) is 20.1. The van der Waals surface area contributed by atoms with Gasteiger partial charge in [-0.1, -0.05) is 18.2 Å². The van der Waals surface area contributed by atoms with Gasteiger partial charge in [0.2, 0.25) is 5.91 Å². The molecule has 1 aromatic rings. The quantitative estimate of drug-likeness (QED) is 0.495. The van der Waals surface area contributed by atoms with Crippen LogP contribution in [-0.4, -0.2) is 48.3 Å². The van der Waals surface area contributed by atoms with Gasteiger partial charge in [0.25, 0.3) is 0 Å². The second kappa shape index (κ2) is 9.63. The van der Waals surface area contributed by atoms with E-state index in [9.17, 15) is 9.59 Å². The number of anilines is 1. The van der Waals surface area contributed by atoms with Crippen molar-refractivity contribution in [3.05, 3.63) is 35.3 Å². The molecule has 170 valence electrons. The van der Waals surface area contributed by atoms with Gasteiger partial charge in [-0.25, -0.2) is 4.79 Å². The maximum Gasteiger partial charge on any atom is 0.492 e. The van der Waals surface area contributed by atoms with E-state index in [4.69, 9.17) is 25.6 Å². The van der Waals surface area contributed by atoms with Crippen molar-refractivity contribution >= 4 is 42.5 Å². The average molecular weight is 451 g/mol. The molecular weight excluding hydrogens is 419 g/mol. The van der Waals surface area contributed by atoms with Crippen molar-refractivity contribution in [1.29, 1.82) is 0 Å². The van der Waals surface area contributed by atoms with Crippen LogP contribution in [-0.2, 0) is 18.8 Å². The number of hydrogen-bond donors (Lipinski definition) is 2. The molecule has 2 rings (SSSR count). The van der Waals surface area contributed by atoms with Crippen LogP contribution in [0.1, 0.15) is 54.0 Å². The summed E-state index contributed by atoms with van der Waals surface area (Å²) in [5, 5.41) is 5.47. The summed E-state index contributed by atoms with van der Waals surface area (Å²) < 4.78 is 17.7. The first-order chi connectivity index (χ1) is 14.2. The minimum absolute atomic E-state index is 0.107. The third kappa shape index (κ3) is 7.26. The molecule has 0 aromatic heterocycles. The van der Waals surface area contributed by atoms with Gasteiger partial charge in [-0.3, -0.25) is 4.79 Å². The third-order valence-corrected chi connectivity index (χ3v) is 5.30. The fourth-order valence-electron chi connectivity index (χ4n) is 2.76. The molecule has 9 heteroatoms. The van der Waals surface area contributed by atoms with Crippen molar-refractivity contribution in [1.82, 2.24) is 5.32 Å². The van der Waals surface area contributed by atoms with Gasteiger partial charge in [-0.05, 0) is 71.6 Å². The third-order valence-electron chi connectivity index (χ3n) is 5.06. The molecule has 0 bridgehead atoms. The highest BCUT2D eigenvalue weighted by Gasteiger charge is 2.52. The van der Waals surface area contributed by atoms with E-state index in [2.05, 4.69) is 10.6 Å². The van der Waals surface area contributed by atoms with Crippen LogP contribution in [0.5, 0.6) is 0 Å². The molecule has 0 aliphatic carbocycles. The smallest absolute Gasteiger partial charge is 0.444 e. The fourth-order valence-corrected chi connectivity index (χ4v) is 2.82. The molecule has 31 heavy (non-hydrogen) atoms. The number of halogens is 1. The Balaban J connectivity index is 2.23. The van der Waals surface area contributed by atoms with Crippen LogP contribution in [0.3, 0.4) is 0 Å². The van der Waals surface area contributed by atoms with Crippen LogP contribution < -0.4 is 10.6 Å². The molecule has 1 saturated heterocycles. The van der Waals surface area contributed by atoms with Crippen LogP contribution >= 0.6 is 11.6 Å². The number of alkyl halides is 1. The number of amides is 2. The molecule has 0 spiro atoms. The number of alkyl carbamates (subject to hydrolysis) is 1. The Morgan fingerprint density at radius 2 is 1.65 bits per heavy atom. The first-order valence-corrected chi connectivity index (χ1v) is 10.7. The summed E-state index contributed by atoms with van der Waals surface area (Å²) >= 11 is 5.53. The van der Waals surface area contributed by atoms with Crippen molar-refractivity contribution < 1.29 is 23.6 Å². The maximum absolute atomic E-state index is 12.2. The molecule has 0 unspecified atom stereocenters. The molecule has 7 nitrogen and oxygen atoms in total. The lowest BCUT2D eigenvalue weighted by Crippen LogP contribution is -2.41. The maximum atomic E-state index is 12.2. The van der Waals surface area contributed by atoms with E-state index < -0.39 is 30.0 Å². The lowest BCUT2D eigenvalue weighted by atomic mass is 9.77. The number of ether oxygens (including phenoxy) is 1. The predicted molar refractivity (Wildman–Crippen MR) is 124 cm³/mol. The van der Waals surface area contributed by atoms with Crippen LogP contribution in [0, 0.1) is 0 Å². The van der Waals surface area contributed by atoms with Gasteiger partial charge < -0.3 is 24.7 Å². The molecule has 1 aliphatic rings. The van der Waals surface area contributed by atoms with E-state index in [1.54, 1.807) is 12.1 Å². The Morgan fingerprint density at radius 3 is 2.13 bits per heavy atom. The van der Waals surface area contributed by atoms with Crippen LogP contribution in [0.4, 0.5) is 10.5 Å². The largest absolute Gasteiger partial charge is 0.492 e. The average Bonchev–Trinajstić information content (AvgIpc) is 2.85. The predicted octanol–water partition coefficient (Wildman–Crippen LogP) is 4.40. The summed E-state index contributed by atoms with van der Waals surface area (Å²) in [6.45, 7) is 13.5. The normalized spacial score (nSPS) is 17.9. The molecular formula is C22H32BClN2O5. The van der Waals surface area contributed by atoms with Crippen molar-refractivity contribution in [2.45, 2.75) is 65.3 Å². The second-order valence-corrected chi connectivity index (χ2v) is 9.73. The molecule has 1 aromatic carbocycles. The van der Waals surface area contributed by atoms with Crippen molar-refractivity contribution in [3.63, 3.8) is 0 Å². The lowest BCUT2D eigenvalue weighted by molar-refractivity contribution is -0.113. The summed E-state index contributed by atoms with van der Waals surface area (Å²) in [7, 11) is -0.629. The monoisotopic (exact) mass is 450 g/mol. The zero-order chi connectivity index (χ0) is 23.4. The Kier molecular flexibility index (Phi) is 7.84.